The lowest BCUT2D eigenvalue weighted by Crippen LogP contribution is -2.11. The van der Waals surface area contributed by atoms with Crippen LogP contribution in [0.15, 0.2) is 156 Å². The zero-order chi connectivity index (χ0) is 26.5. The smallest absolute Gasteiger partial charge is 0.136 e. The average molecular weight is 512 g/mol. The van der Waals surface area contributed by atoms with Crippen LogP contribution >= 0.6 is 0 Å². The monoisotopic (exact) mass is 511 g/mol. The third-order valence-corrected chi connectivity index (χ3v) is 7.83. The molecular weight excluding hydrogens is 486 g/mol. The van der Waals surface area contributed by atoms with Gasteiger partial charge in [-0.15, -0.1) is 0 Å². The minimum atomic E-state index is 0.887. The van der Waals surface area contributed by atoms with Gasteiger partial charge in [-0.2, -0.15) is 0 Å². The van der Waals surface area contributed by atoms with E-state index in [0.717, 1.165) is 44.6 Å². The first-order valence-electron chi connectivity index (χ1n) is 13.6. The lowest BCUT2D eigenvalue weighted by Gasteiger charge is -2.28. The van der Waals surface area contributed by atoms with Crippen molar-refractivity contribution in [2.45, 2.75) is 0 Å². The van der Waals surface area contributed by atoms with Crippen molar-refractivity contribution in [1.82, 2.24) is 0 Å². The van der Waals surface area contributed by atoms with E-state index in [9.17, 15) is 0 Å². The second-order valence-corrected chi connectivity index (χ2v) is 10.1. The molecule has 7 aromatic carbocycles. The molecule has 0 bridgehead atoms. The number of anilines is 3. The second kappa shape index (κ2) is 9.14. The minimum Gasteiger partial charge on any atom is -0.456 e. The molecule has 8 rings (SSSR count). The van der Waals surface area contributed by atoms with E-state index in [1.807, 2.05) is 6.07 Å². The largest absolute Gasteiger partial charge is 0.456 e. The van der Waals surface area contributed by atoms with Crippen LogP contribution < -0.4 is 4.90 Å². The molecule has 2 heteroatoms. The number of rotatable bonds is 4. The van der Waals surface area contributed by atoms with E-state index >= 15 is 0 Å². The fourth-order valence-electron chi connectivity index (χ4n) is 6.11. The molecule has 188 valence electrons. The molecule has 0 saturated heterocycles. The van der Waals surface area contributed by atoms with Gasteiger partial charge in [0, 0.05) is 27.7 Å². The van der Waals surface area contributed by atoms with Gasteiger partial charge in [-0.1, -0.05) is 103 Å². The van der Waals surface area contributed by atoms with Gasteiger partial charge < -0.3 is 9.32 Å². The Hall–Kier alpha value is -5.34. The number of fused-ring (bicyclic) bond motifs is 6. The molecule has 0 aliphatic rings. The molecule has 0 fully saturated rings. The third-order valence-electron chi connectivity index (χ3n) is 7.83. The molecule has 1 aromatic heterocycles. The van der Waals surface area contributed by atoms with Crippen molar-refractivity contribution in [3.05, 3.63) is 152 Å². The van der Waals surface area contributed by atoms with Crippen molar-refractivity contribution >= 4 is 60.5 Å². The van der Waals surface area contributed by atoms with Gasteiger partial charge in [-0.05, 0) is 75.6 Å². The van der Waals surface area contributed by atoms with Gasteiger partial charge >= 0.3 is 0 Å². The molecule has 0 unspecified atom stereocenters. The van der Waals surface area contributed by atoms with Gasteiger partial charge in [0.05, 0.1) is 5.69 Å². The van der Waals surface area contributed by atoms with Crippen LogP contribution in [0.25, 0.3) is 54.6 Å². The SMILES string of the molecule is c1ccc(N(c2ccccc2)c2ccc3oc4ccccc4c3c2-c2cc3ccccc3c3ccccc23)cc1. The Labute approximate surface area is 232 Å². The summed E-state index contributed by atoms with van der Waals surface area (Å²) < 4.78 is 6.44. The zero-order valence-corrected chi connectivity index (χ0v) is 21.8. The second-order valence-electron chi connectivity index (χ2n) is 10.1. The molecule has 0 saturated carbocycles. The summed E-state index contributed by atoms with van der Waals surface area (Å²) in [6, 6.07) is 53.7. The van der Waals surface area contributed by atoms with Gasteiger partial charge in [0.2, 0.25) is 0 Å². The maximum Gasteiger partial charge on any atom is 0.136 e. The first kappa shape index (κ1) is 22.6. The van der Waals surface area contributed by atoms with Crippen molar-refractivity contribution in [3.63, 3.8) is 0 Å². The van der Waals surface area contributed by atoms with E-state index in [-0.39, 0.29) is 0 Å². The Kier molecular flexibility index (Phi) is 5.17. The van der Waals surface area contributed by atoms with E-state index in [0.29, 0.717) is 0 Å². The van der Waals surface area contributed by atoms with Gasteiger partial charge in [-0.3, -0.25) is 0 Å². The highest BCUT2D eigenvalue weighted by molar-refractivity contribution is 6.22. The number of hydrogen-bond donors (Lipinski definition) is 0. The maximum absolute atomic E-state index is 6.44. The Bertz CT molecular complexity index is 2120. The van der Waals surface area contributed by atoms with E-state index < -0.39 is 0 Å². The standard InChI is InChI=1S/C38H25NO/c1-3-14-27(15-4-1)39(28-16-5-2-6-17-28)34-23-24-36-38(32-21-11-12-22-35(32)40-36)37(34)33-25-26-13-7-8-18-29(26)30-19-9-10-20-31(30)33/h1-25H. The van der Waals surface area contributed by atoms with Crippen molar-refractivity contribution < 1.29 is 4.42 Å². The van der Waals surface area contributed by atoms with E-state index in [2.05, 4.69) is 150 Å². The van der Waals surface area contributed by atoms with Crippen LogP contribution in [0.2, 0.25) is 0 Å². The van der Waals surface area contributed by atoms with Crippen LogP contribution in [0.4, 0.5) is 17.1 Å². The fourth-order valence-corrected chi connectivity index (χ4v) is 6.11. The highest BCUT2D eigenvalue weighted by Crippen LogP contribution is 2.49. The lowest BCUT2D eigenvalue weighted by atomic mass is 9.89. The van der Waals surface area contributed by atoms with Crippen LogP contribution in [0.3, 0.4) is 0 Å². The quantitative estimate of drug-likeness (QED) is 0.218. The summed E-state index contributed by atoms with van der Waals surface area (Å²) >= 11 is 0. The summed E-state index contributed by atoms with van der Waals surface area (Å²) in [5.74, 6) is 0. The topological polar surface area (TPSA) is 16.4 Å². The molecule has 1 heterocycles. The normalized spacial score (nSPS) is 11.5. The number of furan rings is 1. The summed E-state index contributed by atoms with van der Waals surface area (Å²) in [7, 11) is 0. The van der Waals surface area contributed by atoms with Gasteiger partial charge in [-0.25, -0.2) is 0 Å². The molecule has 0 atom stereocenters. The van der Waals surface area contributed by atoms with E-state index in [1.165, 1.54) is 27.1 Å². The molecule has 8 aromatic rings. The number of hydrogen-bond acceptors (Lipinski definition) is 2. The summed E-state index contributed by atoms with van der Waals surface area (Å²) in [4.78, 5) is 2.36. The molecule has 2 nitrogen and oxygen atoms in total. The molecule has 0 spiro atoms. The summed E-state index contributed by atoms with van der Waals surface area (Å²) in [5.41, 5.74) is 7.46. The molecule has 0 radical (unpaired) electrons. The highest BCUT2D eigenvalue weighted by atomic mass is 16.3. The van der Waals surface area contributed by atoms with Gasteiger partial charge in [0.15, 0.2) is 0 Å². The van der Waals surface area contributed by atoms with Crippen LogP contribution in [-0.4, -0.2) is 0 Å². The highest BCUT2D eigenvalue weighted by Gasteiger charge is 2.24. The van der Waals surface area contributed by atoms with Crippen LogP contribution in [0.1, 0.15) is 0 Å². The van der Waals surface area contributed by atoms with Crippen molar-refractivity contribution in [2.75, 3.05) is 4.90 Å². The zero-order valence-electron chi connectivity index (χ0n) is 21.8. The summed E-state index contributed by atoms with van der Waals surface area (Å²) in [6.07, 6.45) is 0. The molecule has 0 amide bonds. The van der Waals surface area contributed by atoms with Gasteiger partial charge in [0.25, 0.3) is 0 Å². The van der Waals surface area contributed by atoms with Crippen LogP contribution in [-0.2, 0) is 0 Å². The van der Waals surface area contributed by atoms with Crippen molar-refractivity contribution in [2.24, 2.45) is 0 Å². The Morgan fingerprint density at radius 3 is 1.73 bits per heavy atom. The minimum absolute atomic E-state index is 0.887. The number of para-hydroxylation sites is 3. The molecule has 0 aliphatic heterocycles. The fraction of sp³-hybridized carbons (Fsp3) is 0. The van der Waals surface area contributed by atoms with Crippen LogP contribution in [0.5, 0.6) is 0 Å². The predicted octanol–water partition coefficient (Wildman–Crippen LogP) is 11.0. The molecule has 0 aliphatic carbocycles. The summed E-state index contributed by atoms with van der Waals surface area (Å²) in [6.45, 7) is 0. The molecule has 40 heavy (non-hydrogen) atoms. The lowest BCUT2D eigenvalue weighted by molar-refractivity contribution is 0.669. The molecular formula is C38H25NO. The van der Waals surface area contributed by atoms with Crippen LogP contribution in [0, 0.1) is 0 Å². The number of nitrogens with zero attached hydrogens (tertiary/aromatic N) is 1. The van der Waals surface area contributed by atoms with E-state index in [4.69, 9.17) is 4.42 Å². The maximum atomic E-state index is 6.44. The predicted molar refractivity (Wildman–Crippen MR) is 169 cm³/mol. The van der Waals surface area contributed by atoms with E-state index in [1.54, 1.807) is 0 Å². The summed E-state index contributed by atoms with van der Waals surface area (Å²) in [5, 5.41) is 7.20. The molecule has 0 N–H and O–H groups in total. The van der Waals surface area contributed by atoms with Crippen molar-refractivity contribution in [1.29, 1.82) is 0 Å². The van der Waals surface area contributed by atoms with Gasteiger partial charge in [0.1, 0.15) is 11.2 Å². The first-order chi connectivity index (χ1) is 19.9. The average Bonchev–Trinajstić information content (AvgIpc) is 3.41. The Balaban J connectivity index is 1.58. The Morgan fingerprint density at radius 2 is 1.00 bits per heavy atom. The van der Waals surface area contributed by atoms with Crippen molar-refractivity contribution in [3.8, 4) is 11.1 Å². The number of benzene rings is 7. The third kappa shape index (κ3) is 3.50. The first-order valence-corrected chi connectivity index (χ1v) is 13.6. The Morgan fingerprint density at radius 1 is 0.425 bits per heavy atom.